The number of hydrogen-bond acceptors (Lipinski definition) is 5. The topological polar surface area (TPSA) is 87.7 Å². The van der Waals surface area contributed by atoms with Crippen LogP contribution < -0.4 is 15.6 Å². The summed E-state index contributed by atoms with van der Waals surface area (Å²) in [5.74, 6) is 0.626. The van der Waals surface area contributed by atoms with Gasteiger partial charge in [-0.25, -0.2) is 0 Å². The largest absolute Gasteiger partial charge is 0.483 e. The number of aryl methyl sites for hydroxylation is 1. The van der Waals surface area contributed by atoms with Crippen molar-refractivity contribution in [3.63, 3.8) is 0 Å². The molecular formula is C20H27N3O4S. The Balaban J connectivity index is 1.52. The van der Waals surface area contributed by atoms with Crippen LogP contribution in [0.1, 0.15) is 50.7 Å². The lowest BCUT2D eigenvalue weighted by molar-refractivity contribution is -0.139. The number of nitrogens with one attached hydrogen (secondary N) is 2. The van der Waals surface area contributed by atoms with Gasteiger partial charge in [-0.2, -0.15) is 0 Å². The van der Waals surface area contributed by atoms with Gasteiger partial charge in [0.2, 0.25) is 5.91 Å². The molecule has 2 aliphatic rings. The molecule has 0 bridgehead atoms. The van der Waals surface area contributed by atoms with Gasteiger partial charge in [0.25, 0.3) is 11.8 Å². The molecule has 2 heterocycles. The van der Waals surface area contributed by atoms with E-state index in [-0.39, 0.29) is 29.2 Å². The van der Waals surface area contributed by atoms with Gasteiger partial charge < -0.3 is 9.64 Å². The highest BCUT2D eigenvalue weighted by atomic mass is 32.2. The molecule has 2 N–H and O–H groups in total. The second kappa shape index (κ2) is 8.03. The third kappa shape index (κ3) is 4.11. The maximum Gasteiger partial charge on any atom is 0.276 e. The molecule has 0 aliphatic carbocycles. The molecule has 2 aliphatic heterocycles. The van der Waals surface area contributed by atoms with E-state index in [0.29, 0.717) is 17.9 Å². The van der Waals surface area contributed by atoms with Gasteiger partial charge >= 0.3 is 0 Å². The molecule has 3 rings (SSSR count). The van der Waals surface area contributed by atoms with E-state index in [2.05, 4.69) is 24.7 Å². The summed E-state index contributed by atoms with van der Waals surface area (Å²) in [6.07, 6.45) is 1.21. The molecule has 7 nitrogen and oxygen atoms in total. The Labute approximate surface area is 169 Å². The van der Waals surface area contributed by atoms with Gasteiger partial charge in [-0.05, 0) is 43.4 Å². The van der Waals surface area contributed by atoms with Crippen molar-refractivity contribution in [2.24, 2.45) is 0 Å². The summed E-state index contributed by atoms with van der Waals surface area (Å²) < 4.78 is 5.67. The van der Waals surface area contributed by atoms with E-state index in [1.807, 2.05) is 32.0 Å². The fourth-order valence-corrected chi connectivity index (χ4v) is 5.08. The molecule has 0 radical (unpaired) electrons. The van der Waals surface area contributed by atoms with Crippen LogP contribution in [0.25, 0.3) is 0 Å². The van der Waals surface area contributed by atoms with Gasteiger partial charge in [0.15, 0.2) is 6.61 Å². The highest BCUT2D eigenvalue weighted by Gasteiger charge is 2.52. The number of nitrogens with zero attached hydrogens (tertiary/aromatic N) is 1. The quantitative estimate of drug-likeness (QED) is 0.733. The SMILES string of the molecule is Cc1ccc(C(C)C)c(OCC(=O)NNC(=O)[C@@H]2CS[C@]3(C)CCC(=O)N23)c1. The van der Waals surface area contributed by atoms with Gasteiger partial charge in [0, 0.05) is 12.2 Å². The number of rotatable bonds is 5. The van der Waals surface area contributed by atoms with Crippen LogP contribution in [0.3, 0.4) is 0 Å². The lowest BCUT2D eigenvalue weighted by Crippen LogP contribution is -2.54. The van der Waals surface area contributed by atoms with Crippen LogP contribution in [0.15, 0.2) is 18.2 Å². The molecule has 1 aromatic rings. The summed E-state index contributed by atoms with van der Waals surface area (Å²) in [4.78, 5) is 38.0. The van der Waals surface area contributed by atoms with E-state index >= 15 is 0 Å². The Kier molecular flexibility index (Phi) is 5.88. The third-order valence-corrected chi connectivity index (χ3v) is 6.73. The number of ether oxygens (including phenoxy) is 1. The van der Waals surface area contributed by atoms with Crippen molar-refractivity contribution in [1.29, 1.82) is 0 Å². The second-order valence-electron chi connectivity index (χ2n) is 7.79. The first kappa shape index (κ1) is 20.5. The molecule has 0 unspecified atom stereocenters. The number of carbonyl (C=O) groups is 3. The minimum atomic E-state index is -0.560. The van der Waals surface area contributed by atoms with Crippen LogP contribution in [0.5, 0.6) is 5.75 Å². The standard InChI is InChI=1S/C20H27N3O4S/c1-12(2)14-6-5-13(3)9-16(14)27-10-17(24)21-22-19(26)15-11-28-20(4)8-7-18(25)23(15)20/h5-6,9,12,15H,7-8,10-11H2,1-4H3,(H,21,24)(H,22,26)/t15-,20+/m0/s1. The summed E-state index contributed by atoms with van der Waals surface area (Å²) in [5, 5.41) is 0. The van der Waals surface area contributed by atoms with Crippen LogP contribution in [0.2, 0.25) is 0 Å². The highest BCUT2D eigenvalue weighted by molar-refractivity contribution is 8.01. The first-order valence-electron chi connectivity index (χ1n) is 9.49. The molecule has 0 spiro atoms. The predicted octanol–water partition coefficient (Wildman–Crippen LogP) is 2.10. The Morgan fingerprint density at radius 2 is 2.11 bits per heavy atom. The van der Waals surface area contributed by atoms with Crippen LogP contribution in [0.4, 0.5) is 0 Å². The number of hydrazine groups is 1. The van der Waals surface area contributed by atoms with E-state index < -0.39 is 11.9 Å². The monoisotopic (exact) mass is 405 g/mol. The van der Waals surface area contributed by atoms with Gasteiger partial charge in [-0.15, -0.1) is 11.8 Å². The molecule has 8 heteroatoms. The number of hydrogen-bond donors (Lipinski definition) is 2. The summed E-state index contributed by atoms with van der Waals surface area (Å²) >= 11 is 1.61. The molecule has 28 heavy (non-hydrogen) atoms. The Morgan fingerprint density at radius 1 is 1.36 bits per heavy atom. The third-order valence-electron chi connectivity index (χ3n) is 5.22. The lowest BCUT2D eigenvalue weighted by atomic mass is 10.0. The van der Waals surface area contributed by atoms with Crippen molar-refractivity contribution in [2.75, 3.05) is 12.4 Å². The maximum atomic E-state index is 12.5. The fraction of sp³-hybridized carbons (Fsp3) is 0.550. The molecule has 152 valence electrons. The van der Waals surface area contributed by atoms with E-state index in [9.17, 15) is 14.4 Å². The van der Waals surface area contributed by atoms with Gasteiger partial charge in [-0.3, -0.25) is 25.2 Å². The predicted molar refractivity (Wildman–Crippen MR) is 108 cm³/mol. The first-order chi connectivity index (χ1) is 13.2. The zero-order chi connectivity index (χ0) is 20.5. The number of benzene rings is 1. The summed E-state index contributed by atoms with van der Waals surface area (Å²) in [6.45, 7) is 7.86. The van der Waals surface area contributed by atoms with E-state index in [1.165, 1.54) is 0 Å². The van der Waals surface area contributed by atoms with E-state index in [1.54, 1.807) is 16.7 Å². The average Bonchev–Trinajstić information content (AvgIpc) is 3.13. The normalized spacial score (nSPS) is 23.7. The van der Waals surface area contributed by atoms with Crippen molar-refractivity contribution in [1.82, 2.24) is 15.8 Å². The Bertz CT molecular complexity index is 798. The van der Waals surface area contributed by atoms with Crippen molar-refractivity contribution in [3.8, 4) is 5.75 Å². The van der Waals surface area contributed by atoms with Crippen molar-refractivity contribution < 1.29 is 19.1 Å². The zero-order valence-corrected chi connectivity index (χ0v) is 17.5. The van der Waals surface area contributed by atoms with Crippen LogP contribution >= 0.6 is 11.8 Å². The zero-order valence-electron chi connectivity index (χ0n) is 16.7. The number of fused-ring (bicyclic) bond motifs is 1. The van der Waals surface area contributed by atoms with E-state index in [4.69, 9.17) is 4.74 Å². The molecule has 1 aromatic carbocycles. The lowest BCUT2D eigenvalue weighted by Gasteiger charge is -2.29. The molecule has 0 aromatic heterocycles. The molecule has 2 atom stereocenters. The molecular weight excluding hydrogens is 378 g/mol. The first-order valence-corrected chi connectivity index (χ1v) is 10.5. The summed E-state index contributed by atoms with van der Waals surface area (Å²) in [7, 11) is 0. The molecule has 2 fully saturated rings. The summed E-state index contributed by atoms with van der Waals surface area (Å²) in [5.41, 5.74) is 6.90. The average molecular weight is 406 g/mol. The molecule has 2 saturated heterocycles. The van der Waals surface area contributed by atoms with Crippen LogP contribution in [-0.2, 0) is 14.4 Å². The van der Waals surface area contributed by atoms with E-state index in [0.717, 1.165) is 17.5 Å². The second-order valence-corrected chi connectivity index (χ2v) is 9.29. The maximum absolute atomic E-state index is 12.5. The minimum absolute atomic E-state index is 0.0111. The highest BCUT2D eigenvalue weighted by Crippen LogP contribution is 2.47. The van der Waals surface area contributed by atoms with Gasteiger partial charge in [0.1, 0.15) is 11.8 Å². The molecule has 0 saturated carbocycles. The summed E-state index contributed by atoms with van der Waals surface area (Å²) in [6, 6.07) is 5.35. The van der Waals surface area contributed by atoms with Gasteiger partial charge in [-0.1, -0.05) is 26.0 Å². The minimum Gasteiger partial charge on any atom is -0.483 e. The molecule has 3 amide bonds. The van der Waals surface area contributed by atoms with Crippen molar-refractivity contribution in [2.45, 2.75) is 57.4 Å². The van der Waals surface area contributed by atoms with Gasteiger partial charge in [0.05, 0.1) is 4.87 Å². The number of thioether (sulfide) groups is 1. The Morgan fingerprint density at radius 3 is 2.82 bits per heavy atom. The van der Waals surface area contributed by atoms with Crippen LogP contribution in [-0.4, -0.2) is 45.9 Å². The smallest absolute Gasteiger partial charge is 0.276 e. The fourth-order valence-electron chi connectivity index (χ4n) is 3.65. The van der Waals surface area contributed by atoms with Crippen molar-refractivity contribution in [3.05, 3.63) is 29.3 Å². The Hall–Kier alpha value is -2.22. The van der Waals surface area contributed by atoms with Crippen molar-refractivity contribution >= 4 is 29.5 Å². The van der Waals surface area contributed by atoms with Crippen LogP contribution in [0, 0.1) is 6.92 Å². The number of carbonyl (C=O) groups excluding carboxylic acids is 3. The number of amides is 3.